The van der Waals surface area contributed by atoms with Crippen LogP contribution in [-0.2, 0) is 17.8 Å². The fourth-order valence-corrected chi connectivity index (χ4v) is 2.48. The van der Waals surface area contributed by atoms with E-state index in [1.54, 1.807) is 7.11 Å². The second-order valence-corrected chi connectivity index (χ2v) is 5.82. The third-order valence-electron chi connectivity index (χ3n) is 3.89. The molecule has 0 aliphatic carbocycles. The highest BCUT2D eigenvalue weighted by Crippen LogP contribution is 2.17. The van der Waals surface area contributed by atoms with E-state index in [1.807, 2.05) is 24.3 Å². The normalized spacial score (nSPS) is 10.4. The Morgan fingerprint density at radius 3 is 2.54 bits per heavy atom. The SMILES string of the molecule is COc1ccccc1CCNC(=O)CCNCc1ccc(C)cc1. The molecule has 0 heterocycles. The lowest BCUT2D eigenvalue weighted by Crippen LogP contribution is -2.29. The summed E-state index contributed by atoms with van der Waals surface area (Å²) in [5.74, 6) is 0.938. The Morgan fingerprint density at radius 1 is 1.04 bits per heavy atom. The molecule has 0 fully saturated rings. The van der Waals surface area contributed by atoms with Gasteiger partial charge in [0.1, 0.15) is 5.75 Å². The Balaban J connectivity index is 1.60. The van der Waals surface area contributed by atoms with E-state index in [2.05, 4.69) is 41.8 Å². The van der Waals surface area contributed by atoms with Crippen LogP contribution in [0.25, 0.3) is 0 Å². The molecule has 0 aliphatic heterocycles. The van der Waals surface area contributed by atoms with Gasteiger partial charge in [0.05, 0.1) is 7.11 Å². The van der Waals surface area contributed by atoms with Crippen LogP contribution in [0.4, 0.5) is 0 Å². The van der Waals surface area contributed by atoms with Crippen LogP contribution in [-0.4, -0.2) is 26.1 Å². The highest BCUT2D eigenvalue weighted by atomic mass is 16.5. The molecule has 4 heteroatoms. The zero-order valence-corrected chi connectivity index (χ0v) is 14.5. The molecular weight excluding hydrogens is 300 g/mol. The van der Waals surface area contributed by atoms with Crippen molar-refractivity contribution in [2.24, 2.45) is 0 Å². The van der Waals surface area contributed by atoms with Gasteiger partial charge in [-0.15, -0.1) is 0 Å². The molecule has 0 saturated carbocycles. The van der Waals surface area contributed by atoms with Crippen LogP contribution >= 0.6 is 0 Å². The zero-order chi connectivity index (χ0) is 17.2. The number of para-hydroxylation sites is 1. The summed E-state index contributed by atoms with van der Waals surface area (Å²) in [4.78, 5) is 11.9. The Bertz CT molecular complexity index is 638. The van der Waals surface area contributed by atoms with Gasteiger partial charge in [-0.25, -0.2) is 0 Å². The largest absolute Gasteiger partial charge is 0.496 e. The number of rotatable bonds is 9. The van der Waals surface area contributed by atoms with E-state index in [4.69, 9.17) is 4.74 Å². The van der Waals surface area contributed by atoms with E-state index in [0.717, 1.165) is 24.3 Å². The molecular formula is C20H26N2O2. The summed E-state index contributed by atoms with van der Waals surface area (Å²) >= 11 is 0. The molecule has 4 nitrogen and oxygen atoms in total. The van der Waals surface area contributed by atoms with Crippen molar-refractivity contribution in [3.8, 4) is 5.75 Å². The predicted molar refractivity (Wildman–Crippen MR) is 97.2 cm³/mol. The molecule has 0 bridgehead atoms. The number of ether oxygens (including phenoxy) is 1. The molecule has 0 unspecified atom stereocenters. The minimum absolute atomic E-state index is 0.0707. The van der Waals surface area contributed by atoms with E-state index >= 15 is 0 Å². The predicted octanol–water partition coefficient (Wildman–Crippen LogP) is 2.84. The van der Waals surface area contributed by atoms with Gasteiger partial charge >= 0.3 is 0 Å². The van der Waals surface area contributed by atoms with E-state index in [-0.39, 0.29) is 5.91 Å². The summed E-state index contributed by atoms with van der Waals surface area (Å²) in [6, 6.07) is 16.3. The summed E-state index contributed by atoms with van der Waals surface area (Å²) in [6.45, 7) is 4.16. The van der Waals surface area contributed by atoms with Crippen molar-refractivity contribution >= 4 is 5.91 Å². The molecule has 2 aromatic carbocycles. The maximum Gasteiger partial charge on any atom is 0.221 e. The van der Waals surface area contributed by atoms with E-state index in [9.17, 15) is 4.79 Å². The average Bonchev–Trinajstić information content (AvgIpc) is 2.60. The van der Waals surface area contributed by atoms with Gasteiger partial charge < -0.3 is 15.4 Å². The summed E-state index contributed by atoms with van der Waals surface area (Å²) in [5.41, 5.74) is 3.60. The first-order chi connectivity index (χ1) is 11.7. The number of aryl methyl sites for hydroxylation is 1. The van der Waals surface area contributed by atoms with Crippen LogP contribution < -0.4 is 15.4 Å². The number of amides is 1. The minimum atomic E-state index is 0.0707. The summed E-state index contributed by atoms with van der Waals surface area (Å²) in [5, 5.41) is 6.25. The van der Waals surface area contributed by atoms with E-state index in [0.29, 0.717) is 19.5 Å². The molecule has 0 saturated heterocycles. The van der Waals surface area contributed by atoms with Gasteiger partial charge in [-0.1, -0.05) is 48.0 Å². The molecule has 2 N–H and O–H groups in total. The molecule has 128 valence electrons. The fraction of sp³-hybridized carbons (Fsp3) is 0.350. The quantitative estimate of drug-likeness (QED) is 0.697. The van der Waals surface area contributed by atoms with Gasteiger partial charge in [0, 0.05) is 26.1 Å². The van der Waals surface area contributed by atoms with Gasteiger partial charge in [0.25, 0.3) is 0 Å². The maximum absolute atomic E-state index is 11.9. The van der Waals surface area contributed by atoms with Crippen molar-refractivity contribution in [2.45, 2.75) is 26.3 Å². The zero-order valence-electron chi connectivity index (χ0n) is 14.5. The van der Waals surface area contributed by atoms with Crippen molar-refractivity contribution in [2.75, 3.05) is 20.2 Å². The average molecular weight is 326 g/mol. The lowest BCUT2D eigenvalue weighted by Gasteiger charge is -2.09. The van der Waals surface area contributed by atoms with E-state index < -0.39 is 0 Å². The number of carbonyl (C=O) groups excluding carboxylic acids is 1. The monoisotopic (exact) mass is 326 g/mol. The topological polar surface area (TPSA) is 50.4 Å². The fourth-order valence-electron chi connectivity index (χ4n) is 2.48. The van der Waals surface area contributed by atoms with Crippen molar-refractivity contribution < 1.29 is 9.53 Å². The Labute approximate surface area is 144 Å². The maximum atomic E-state index is 11.9. The molecule has 0 atom stereocenters. The number of carbonyl (C=O) groups is 1. The molecule has 0 aromatic heterocycles. The summed E-state index contributed by atoms with van der Waals surface area (Å²) in [6.07, 6.45) is 1.25. The minimum Gasteiger partial charge on any atom is -0.496 e. The first-order valence-electron chi connectivity index (χ1n) is 8.34. The molecule has 24 heavy (non-hydrogen) atoms. The molecule has 0 radical (unpaired) electrons. The second kappa shape index (κ2) is 9.73. The second-order valence-electron chi connectivity index (χ2n) is 5.82. The number of benzene rings is 2. The molecule has 2 aromatic rings. The van der Waals surface area contributed by atoms with Crippen LogP contribution in [0.1, 0.15) is 23.1 Å². The third-order valence-corrected chi connectivity index (χ3v) is 3.89. The first-order valence-corrected chi connectivity index (χ1v) is 8.34. The van der Waals surface area contributed by atoms with Crippen molar-refractivity contribution in [1.29, 1.82) is 0 Å². The Morgan fingerprint density at radius 2 is 1.79 bits per heavy atom. The number of methoxy groups -OCH3 is 1. The van der Waals surface area contributed by atoms with Crippen LogP contribution in [0.5, 0.6) is 5.75 Å². The smallest absolute Gasteiger partial charge is 0.221 e. The Kier molecular flexibility index (Phi) is 7.30. The van der Waals surface area contributed by atoms with Crippen molar-refractivity contribution in [1.82, 2.24) is 10.6 Å². The third kappa shape index (κ3) is 6.05. The van der Waals surface area contributed by atoms with Crippen LogP contribution in [0, 0.1) is 6.92 Å². The molecule has 2 rings (SSSR count). The number of hydrogen-bond acceptors (Lipinski definition) is 3. The van der Waals surface area contributed by atoms with Crippen LogP contribution in [0.2, 0.25) is 0 Å². The van der Waals surface area contributed by atoms with Crippen LogP contribution in [0.15, 0.2) is 48.5 Å². The van der Waals surface area contributed by atoms with Gasteiger partial charge in [-0.2, -0.15) is 0 Å². The first kappa shape index (κ1) is 18.0. The molecule has 0 aliphatic rings. The molecule has 0 spiro atoms. The van der Waals surface area contributed by atoms with Gasteiger partial charge in [0.15, 0.2) is 0 Å². The number of hydrogen-bond donors (Lipinski definition) is 2. The van der Waals surface area contributed by atoms with Gasteiger partial charge in [0.2, 0.25) is 5.91 Å². The van der Waals surface area contributed by atoms with Crippen molar-refractivity contribution in [3.05, 3.63) is 65.2 Å². The standard InChI is InChI=1S/C20H26N2O2/c1-16-7-9-17(10-8-16)15-21-13-12-20(23)22-14-11-18-5-3-4-6-19(18)24-2/h3-10,21H,11-15H2,1-2H3,(H,22,23). The van der Waals surface area contributed by atoms with Crippen LogP contribution in [0.3, 0.4) is 0 Å². The lowest BCUT2D eigenvalue weighted by atomic mass is 10.1. The highest BCUT2D eigenvalue weighted by molar-refractivity contribution is 5.76. The number of nitrogens with one attached hydrogen (secondary N) is 2. The van der Waals surface area contributed by atoms with Gasteiger partial charge in [-0.05, 0) is 30.5 Å². The van der Waals surface area contributed by atoms with Crippen molar-refractivity contribution in [3.63, 3.8) is 0 Å². The Hall–Kier alpha value is -2.33. The highest BCUT2D eigenvalue weighted by Gasteiger charge is 2.04. The lowest BCUT2D eigenvalue weighted by molar-refractivity contribution is -0.120. The molecule has 1 amide bonds. The summed E-state index contributed by atoms with van der Waals surface area (Å²) < 4.78 is 5.31. The summed E-state index contributed by atoms with van der Waals surface area (Å²) in [7, 11) is 1.66. The van der Waals surface area contributed by atoms with Gasteiger partial charge in [-0.3, -0.25) is 4.79 Å². The van der Waals surface area contributed by atoms with E-state index in [1.165, 1.54) is 11.1 Å².